The van der Waals surface area contributed by atoms with E-state index in [2.05, 4.69) is 58.0 Å². The lowest BCUT2D eigenvalue weighted by Gasteiger charge is -2.34. The zero-order chi connectivity index (χ0) is 21.2. The first-order valence-electron chi connectivity index (χ1n) is 10.7. The molecule has 2 N–H and O–H groups in total. The van der Waals surface area contributed by atoms with Gasteiger partial charge in [-0.05, 0) is 30.5 Å². The smallest absolute Gasteiger partial charge is 0.241 e. The first-order valence-corrected chi connectivity index (χ1v) is 10.7. The summed E-state index contributed by atoms with van der Waals surface area (Å²) in [6.07, 6.45) is 2.24. The van der Waals surface area contributed by atoms with E-state index in [1.807, 2.05) is 18.2 Å². The molecular weight excluding hydrogens is 374 g/mol. The third-order valence-electron chi connectivity index (χ3n) is 5.26. The molecule has 30 heavy (non-hydrogen) atoms. The lowest BCUT2D eigenvalue weighted by molar-refractivity contribution is -0.127. The van der Waals surface area contributed by atoms with Crippen molar-refractivity contribution in [2.24, 2.45) is 4.99 Å². The van der Waals surface area contributed by atoms with Crippen LogP contribution < -0.4 is 10.6 Å². The highest BCUT2D eigenvalue weighted by atomic mass is 16.2. The van der Waals surface area contributed by atoms with Gasteiger partial charge in [-0.2, -0.15) is 0 Å². The number of benzene rings is 2. The Morgan fingerprint density at radius 1 is 1.07 bits per heavy atom. The summed E-state index contributed by atoms with van der Waals surface area (Å²) in [6, 6.07) is 21.1. The number of likely N-dealkylation sites (N-methyl/N-ethyl adjacent to an activating group) is 1. The Bertz CT molecular complexity index is 807. The van der Waals surface area contributed by atoms with Crippen LogP contribution in [0.1, 0.15) is 24.0 Å². The predicted octanol–water partition coefficient (Wildman–Crippen LogP) is 2.47. The summed E-state index contributed by atoms with van der Waals surface area (Å²) in [7, 11) is 3.53. The summed E-state index contributed by atoms with van der Waals surface area (Å²) in [6.45, 7) is 3.83. The van der Waals surface area contributed by atoms with Crippen LogP contribution in [0.2, 0.25) is 0 Å². The molecule has 0 spiro atoms. The van der Waals surface area contributed by atoms with Gasteiger partial charge in [-0.1, -0.05) is 60.7 Å². The van der Waals surface area contributed by atoms with Crippen molar-refractivity contribution in [2.45, 2.75) is 32.0 Å². The maximum absolute atomic E-state index is 12.0. The molecule has 2 aromatic rings. The van der Waals surface area contributed by atoms with E-state index in [0.717, 1.165) is 38.0 Å². The van der Waals surface area contributed by atoms with Gasteiger partial charge < -0.3 is 15.5 Å². The maximum Gasteiger partial charge on any atom is 0.241 e. The molecule has 0 bridgehead atoms. The molecule has 0 radical (unpaired) electrons. The average molecular weight is 408 g/mol. The standard InChI is InChI=1S/C24H33N5O/c1-28(2)23(30)17-26-24(25-16-20-10-5-3-6-11-20)27-22-14-9-15-29(19-22)18-21-12-7-4-8-13-21/h3-8,10-13,22H,9,14-19H2,1-2H3,(H2,25,26,27). The Balaban J connectivity index is 1.61. The highest BCUT2D eigenvalue weighted by Crippen LogP contribution is 2.14. The number of aliphatic imine (C=N–C) groups is 1. The fourth-order valence-electron chi connectivity index (χ4n) is 3.58. The second-order valence-electron chi connectivity index (χ2n) is 8.00. The average Bonchev–Trinajstić information content (AvgIpc) is 2.77. The SMILES string of the molecule is CN(C)C(=O)CNC(=NCc1ccccc1)NC1CCCN(Cc2ccccc2)C1. The Morgan fingerprint density at radius 2 is 1.73 bits per heavy atom. The van der Waals surface area contributed by atoms with Crippen molar-refractivity contribution in [3.8, 4) is 0 Å². The van der Waals surface area contributed by atoms with E-state index in [4.69, 9.17) is 4.99 Å². The fourth-order valence-corrected chi connectivity index (χ4v) is 3.58. The molecule has 6 heteroatoms. The molecule has 1 heterocycles. The van der Waals surface area contributed by atoms with Crippen LogP contribution in [-0.2, 0) is 17.9 Å². The van der Waals surface area contributed by atoms with Crippen molar-refractivity contribution >= 4 is 11.9 Å². The van der Waals surface area contributed by atoms with Crippen LogP contribution in [0.5, 0.6) is 0 Å². The summed E-state index contributed by atoms with van der Waals surface area (Å²) in [4.78, 5) is 20.8. The molecule has 1 aliphatic heterocycles. The van der Waals surface area contributed by atoms with E-state index < -0.39 is 0 Å². The van der Waals surface area contributed by atoms with Gasteiger partial charge >= 0.3 is 0 Å². The first kappa shape index (κ1) is 21.8. The second kappa shape index (κ2) is 11.4. The van der Waals surface area contributed by atoms with E-state index >= 15 is 0 Å². The van der Waals surface area contributed by atoms with Crippen LogP contribution >= 0.6 is 0 Å². The first-order chi connectivity index (χ1) is 14.6. The van der Waals surface area contributed by atoms with Crippen LogP contribution in [0.15, 0.2) is 65.7 Å². The van der Waals surface area contributed by atoms with Crippen LogP contribution in [-0.4, -0.2) is 61.4 Å². The minimum atomic E-state index is 0.0264. The lowest BCUT2D eigenvalue weighted by atomic mass is 10.0. The van der Waals surface area contributed by atoms with Crippen molar-refractivity contribution in [1.82, 2.24) is 20.4 Å². The molecule has 1 saturated heterocycles. The largest absolute Gasteiger partial charge is 0.352 e. The molecule has 1 amide bonds. The van der Waals surface area contributed by atoms with Crippen molar-refractivity contribution in [3.63, 3.8) is 0 Å². The summed E-state index contributed by atoms with van der Waals surface area (Å²) in [5.74, 6) is 0.721. The second-order valence-corrected chi connectivity index (χ2v) is 8.00. The summed E-state index contributed by atoms with van der Waals surface area (Å²) in [5, 5.41) is 6.77. The molecular formula is C24H33N5O. The lowest BCUT2D eigenvalue weighted by Crippen LogP contribution is -2.52. The van der Waals surface area contributed by atoms with E-state index in [9.17, 15) is 4.79 Å². The van der Waals surface area contributed by atoms with Crippen molar-refractivity contribution in [1.29, 1.82) is 0 Å². The van der Waals surface area contributed by atoms with Crippen LogP contribution in [0.3, 0.4) is 0 Å². The van der Waals surface area contributed by atoms with Gasteiger partial charge in [0.2, 0.25) is 5.91 Å². The normalized spacial score (nSPS) is 17.4. The van der Waals surface area contributed by atoms with E-state index in [-0.39, 0.29) is 12.5 Å². The number of hydrogen-bond donors (Lipinski definition) is 2. The van der Waals surface area contributed by atoms with E-state index in [1.165, 1.54) is 5.56 Å². The van der Waals surface area contributed by atoms with Gasteiger partial charge in [0.25, 0.3) is 0 Å². The quantitative estimate of drug-likeness (QED) is 0.547. The van der Waals surface area contributed by atoms with Gasteiger partial charge in [0.15, 0.2) is 5.96 Å². The van der Waals surface area contributed by atoms with Crippen LogP contribution in [0.25, 0.3) is 0 Å². The Morgan fingerprint density at radius 3 is 2.40 bits per heavy atom. The number of nitrogens with zero attached hydrogens (tertiary/aromatic N) is 3. The van der Waals surface area contributed by atoms with Gasteiger partial charge in [0.1, 0.15) is 0 Å². The zero-order valence-electron chi connectivity index (χ0n) is 18.1. The Hall–Kier alpha value is -2.86. The summed E-state index contributed by atoms with van der Waals surface area (Å²) >= 11 is 0. The zero-order valence-corrected chi connectivity index (χ0v) is 18.1. The van der Waals surface area contributed by atoms with Gasteiger partial charge in [-0.3, -0.25) is 9.69 Å². The summed E-state index contributed by atoms with van der Waals surface area (Å²) in [5.41, 5.74) is 2.48. The molecule has 0 aliphatic carbocycles. The molecule has 3 rings (SSSR count). The minimum Gasteiger partial charge on any atom is -0.352 e. The molecule has 160 valence electrons. The number of guanidine groups is 1. The molecule has 1 fully saturated rings. The number of carbonyl (C=O) groups is 1. The topological polar surface area (TPSA) is 60.0 Å². The number of nitrogens with one attached hydrogen (secondary N) is 2. The summed E-state index contributed by atoms with van der Waals surface area (Å²) < 4.78 is 0. The molecule has 0 saturated carbocycles. The number of amides is 1. The third kappa shape index (κ3) is 7.19. The number of rotatable bonds is 7. The molecule has 1 atom stereocenters. The Labute approximate surface area is 180 Å². The highest BCUT2D eigenvalue weighted by Gasteiger charge is 2.21. The fraction of sp³-hybridized carbons (Fsp3) is 0.417. The highest BCUT2D eigenvalue weighted by molar-refractivity contribution is 5.86. The van der Waals surface area contributed by atoms with Gasteiger partial charge in [0.05, 0.1) is 13.1 Å². The number of likely N-dealkylation sites (tertiary alicyclic amines) is 1. The van der Waals surface area contributed by atoms with Crippen LogP contribution in [0, 0.1) is 0 Å². The van der Waals surface area contributed by atoms with Crippen molar-refractivity contribution in [3.05, 3.63) is 71.8 Å². The van der Waals surface area contributed by atoms with Crippen molar-refractivity contribution < 1.29 is 4.79 Å². The molecule has 1 aliphatic rings. The number of carbonyl (C=O) groups excluding carboxylic acids is 1. The number of piperidine rings is 1. The number of hydrogen-bond acceptors (Lipinski definition) is 3. The third-order valence-corrected chi connectivity index (χ3v) is 5.26. The maximum atomic E-state index is 12.0. The predicted molar refractivity (Wildman–Crippen MR) is 122 cm³/mol. The Kier molecular flexibility index (Phi) is 8.27. The molecule has 2 aromatic carbocycles. The monoisotopic (exact) mass is 407 g/mol. The van der Waals surface area contributed by atoms with Gasteiger partial charge in [-0.15, -0.1) is 0 Å². The minimum absolute atomic E-state index is 0.0264. The van der Waals surface area contributed by atoms with E-state index in [1.54, 1.807) is 19.0 Å². The molecule has 6 nitrogen and oxygen atoms in total. The van der Waals surface area contributed by atoms with E-state index in [0.29, 0.717) is 18.5 Å². The molecule has 1 unspecified atom stereocenters. The van der Waals surface area contributed by atoms with Crippen molar-refractivity contribution in [2.75, 3.05) is 33.7 Å². The van der Waals surface area contributed by atoms with Crippen LogP contribution in [0.4, 0.5) is 0 Å². The molecule has 0 aromatic heterocycles. The van der Waals surface area contributed by atoms with Gasteiger partial charge in [-0.25, -0.2) is 4.99 Å². The van der Waals surface area contributed by atoms with Gasteiger partial charge in [0, 0.05) is 33.2 Å².